The second kappa shape index (κ2) is 6.78. The standard InChI is InChI=1S/C21H17NO3S/c23-20(17-10-9-15-5-1-2-6-16(15)13-17)22-14-21(24,18-7-3-11-25-18)19-8-4-12-26-19/h1-13,24H,14H2,(H,22,23). The molecular weight excluding hydrogens is 346 g/mol. The number of aliphatic hydroxyl groups is 1. The monoisotopic (exact) mass is 363 g/mol. The van der Waals surface area contributed by atoms with E-state index in [9.17, 15) is 9.90 Å². The normalized spacial score (nSPS) is 13.4. The molecule has 0 aliphatic carbocycles. The van der Waals surface area contributed by atoms with Gasteiger partial charge in [-0.1, -0.05) is 36.4 Å². The van der Waals surface area contributed by atoms with E-state index in [1.165, 1.54) is 17.6 Å². The molecule has 0 fully saturated rings. The van der Waals surface area contributed by atoms with Crippen LogP contribution in [0.2, 0.25) is 0 Å². The molecule has 0 spiro atoms. The number of carbonyl (C=O) groups is 1. The van der Waals surface area contributed by atoms with Crippen LogP contribution in [-0.2, 0) is 5.60 Å². The average molecular weight is 363 g/mol. The van der Waals surface area contributed by atoms with Gasteiger partial charge in [0, 0.05) is 10.4 Å². The number of hydrogen-bond donors (Lipinski definition) is 2. The summed E-state index contributed by atoms with van der Waals surface area (Å²) in [6.07, 6.45) is 1.51. The highest BCUT2D eigenvalue weighted by Crippen LogP contribution is 2.32. The Hall–Kier alpha value is -2.89. The minimum Gasteiger partial charge on any atom is -0.466 e. The average Bonchev–Trinajstić information content (AvgIpc) is 3.39. The first kappa shape index (κ1) is 16.6. The lowest BCUT2D eigenvalue weighted by atomic mass is 9.98. The number of thiophene rings is 1. The summed E-state index contributed by atoms with van der Waals surface area (Å²) in [7, 11) is 0. The van der Waals surface area contributed by atoms with Gasteiger partial charge in [0.2, 0.25) is 0 Å². The lowest BCUT2D eigenvalue weighted by molar-refractivity contribution is 0.0554. The van der Waals surface area contributed by atoms with Crippen LogP contribution in [-0.4, -0.2) is 17.6 Å². The van der Waals surface area contributed by atoms with Crippen molar-refractivity contribution in [3.8, 4) is 0 Å². The van der Waals surface area contributed by atoms with Gasteiger partial charge in [0.1, 0.15) is 5.76 Å². The molecule has 4 nitrogen and oxygen atoms in total. The Morgan fingerprint density at radius 2 is 1.88 bits per heavy atom. The summed E-state index contributed by atoms with van der Waals surface area (Å²) in [5.41, 5.74) is -0.846. The Kier molecular flexibility index (Phi) is 4.32. The molecule has 2 aromatic heterocycles. The van der Waals surface area contributed by atoms with Crippen LogP contribution in [0.25, 0.3) is 10.8 Å². The van der Waals surface area contributed by atoms with Gasteiger partial charge in [0.15, 0.2) is 5.60 Å². The number of nitrogens with one attached hydrogen (secondary N) is 1. The zero-order chi connectivity index (χ0) is 18.0. The minimum atomic E-state index is -1.40. The number of fused-ring (bicyclic) bond motifs is 1. The van der Waals surface area contributed by atoms with Crippen LogP contribution in [0.1, 0.15) is 21.0 Å². The van der Waals surface area contributed by atoms with Crippen LogP contribution >= 0.6 is 11.3 Å². The van der Waals surface area contributed by atoms with E-state index in [0.29, 0.717) is 16.2 Å². The van der Waals surface area contributed by atoms with Gasteiger partial charge in [-0.05, 0) is 46.5 Å². The van der Waals surface area contributed by atoms with Gasteiger partial charge in [-0.2, -0.15) is 0 Å². The van der Waals surface area contributed by atoms with Crippen molar-refractivity contribution in [2.24, 2.45) is 0 Å². The van der Waals surface area contributed by atoms with E-state index in [2.05, 4.69) is 5.32 Å². The van der Waals surface area contributed by atoms with Crippen LogP contribution in [0.5, 0.6) is 0 Å². The zero-order valence-corrected chi connectivity index (χ0v) is 14.7. The van der Waals surface area contributed by atoms with Crippen molar-refractivity contribution in [1.82, 2.24) is 5.32 Å². The van der Waals surface area contributed by atoms with Crippen LogP contribution in [0, 0.1) is 0 Å². The molecule has 26 heavy (non-hydrogen) atoms. The Bertz CT molecular complexity index is 988. The van der Waals surface area contributed by atoms with Crippen molar-refractivity contribution in [2.45, 2.75) is 5.60 Å². The molecule has 0 radical (unpaired) electrons. The molecule has 0 aliphatic rings. The van der Waals surface area contributed by atoms with E-state index in [4.69, 9.17) is 4.42 Å². The minimum absolute atomic E-state index is 0.0205. The molecule has 130 valence electrons. The highest BCUT2D eigenvalue weighted by molar-refractivity contribution is 7.10. The molecule has 4 rings (SSSR count). The molecule has 2 N–H and O–H groups in total. The largest absolute Gasteiger partial charge is 0.466 e. The van der Waals surface area contributed by atoms with E-state index < -0.39 is 5.60 Å². The number of benzene rings is 2. The lowest BCUT2D eigenvalue weighted by Gasteiger charge is -2.25. The van der Waals surface area contributed by atoms with Crippen molar-refractivity contribution < 1.29 is 14.3 Å². The Morgan fingerprint density at radius 1 is 1.04 bits per heavy atom. The van der Waals surface area contributed by atoms with Crippen molar-refractivity contribution in [3.63, 3.8) is 0 Å². The van der Waals surface area contributed by atoms with Gasteiger partial charge >= 0.3 is 0 Å². The molecular formula is C21H17NO3S. The summed E-state index contributed by atoms with van der Waals surface area (Å²) in [6.45, 7) is 0.0205. The van der Waals surface area contributed by atoms with Crippen molar-refractivity contribution >= 4 is 28.0 Å². The second-order valence-corrected chi connectivity index (χ2v) is 7.01. The Morgan fingerprint density at radius 3 is 2.62 bits per heavy atom. The summed E-state index contributed by atoms with van der Waals surface area (Å²) >= 11 is 1.42. The molecule has 4 aromatic rings. The summed E-state index contributed by atoms with van der Waals surface area (Å²) in [5.74, 6) is 0.163. The number of amides is 1. The van der Waals surface area contributed by atoms with E-state index >= 15 is 0 Å². The van der Waals surface area contributed by atoms with Gasteiger partial charge in [0.25, 0.3) is 5.91 Å². The topological polar surface area (TPSA) is 62.5 Å². The number of hydrogen-bond acceptors (Lipinski definition) is 4. The van der Waals surface area contributed by atoms with E-state index in [1.54, 1.807) is 18.2 Å². The molecule has 0 saturated carbocycles. The Labute approximate surface area is 154 Å². The van der Waals surface area contributed by atoms with Gasteiger partial charge in [-0.25, -0.2) is 0 Å². The fourth-order valence-electron chi connectivity index (χ4n) is 2.96. The van der Waals surface area contributed by atoms with E-state index in [0.717, 1.165) is 10.8 Å². The fourth-order valence-corrected chi connectivity index (χ4v) is 3.79. The third kappa shape index (κ3) is 3.03. The van der Waals surface area contributed by atoms with Crippen LogP contribution in [0.4, 0.5) is 0 Å². The fraction of sp³-hybridized carbons (Fsp3) is 0.0952. The molecule has 1 amide bonds. The van der Waals surface area contributed by atoms with E-state index in [1.807, 2.05) is 53.9 Å². The van der Waals surface area contributed by atoms with Gasteiger partial charge < -0.3 is 14.8 Å². The highest BCUT2D eigenvalue weighted by Gasteiger charge is 2.36. The maximum Gasteiger partial charge on any atom is 0.251 e. The zero-order valence-electron chi connectivity index (χ0n) is 13.9. The van der Waals surface area contributed by atoms with Crippen molar-refractivity contribution in [3.05, 3.63) is 94.6 Å². The maximum atomic E-state index is 12.6. The molecule has 2 heterocycles. The predicted molar refractivity (Wildman–Crippen MR) is 102 cm³/mol. The Balaban J connectivity index is 1.58. The molecule has 0 bridgehead atoms. The summed E-state index contributed by atoms with van der Waals surface area (Å²) in [6, 6.07) is 20.6. The van der Waals surface area contributed by atoms with E-state index in [-0.39, 0.29) is 12.5 Å². The first-order valence-electron chi connectivity index (χ1n) is 8.24. The second-order valence-electron chi connectivity index (χ2n) is 6.06. The van der Waals surface area contributed by atoms with Crippen LogP contribution < -0.4 is 5.32 Å². The lowest BCUT2D eigenvalue weighted by Crippen LogP contribution is -2.41. The van der Waals surface area contributed by atoms with Gasteiger partial charge in [0.05, 0.1) is 12.8 Å². The van der Waals surface area contributed by atoms with Crippen LogP contribution in [0.3, 0.4) is 0 Å². The molecule has 1 unspecified atom stereocenters. The first-order valence-corrected chi connectivity index (χ1v) is 9.12. The number of rotatable bonds is 5. The first-order chi connectivity index (χ1) is 12.7. The number of carbonyl (C=O) groups excluding carboxylic acids is 1. The molecule has 5 heteroatoms. The molecule has 0 saturated heterocycles. The third-order valence-electron chi connectivity index (χ3n) is 4.37. The van der Waals surface area contributed by atoms with Crippen LogP contribution in [0.15, 0.2) is 82.8 Å². The predicted octanol–water partition coefficient (Wildman–Crippen LogP) is 4.16. The molecule has 0 aliphatic heterocycles. The highest BCUT2D eigenvalue weighted by atomic mass is 32.1. The smallest absolute Gasteiger partial charge is 0.251 e. The van der Waals surface area contributed by atoms with Gasteiger partial charge in [-0.3, -0.25) is 4.79 Å². The third-order valence-corrected chi connectivity index (χ3v) is 5.39. The van der Waals surface area contributed by atoms with Crippen molar-refractivity contribution in [2.75, 3.05) is 6.54 Å². The van der Waals surface area contributed by atoms with Crippen molar-refractivity contribution in [1.29, 1.82) is 0 Å². The SMILES string of the molecule is O=C(NCC(O)(c1ccco1)c1cccs1)c1ccc2ccccc2c1. The maximum absolute atomic E-state index is 12.6. The quantitative estimate of drug-likeness (QED) is 0.560. The van der Waals surface area contributed by atoms with Gasteiger partial charge in [-0.15, -0.1) is 11.3 Å². The molecule has 1 atom stereocenters. The number of furan rings is 1. The molecule has 2 aromatic carbocycles. The summed E-state index contributed by atoms with van der Waals surface area (Å²) in [4.78, 5) is 13.3. The summed E-state index contributed by atoms with van der Waals surface area (Å²) in [5, 5.41) is 18.0. The summed E-state index contributed by atoms with van der Waals surface area (Å²) < 4.78 is 5.42.